The van der Waals surface area contributed by atoms with Crippen molar-refractivity contribution >= 4 is 40.7 Å². The van der Waals surface area contributed by atoms with Crippen molar-refractivity contribution in [2.75, 3.05) is 5.32 Å². The van der Waals surface area contributed by atoms with Crippen LogP contribution in [0.3, 0.4) is 0 Å². The molecule has 0 spiro atoms. The predicted molar refractivity (Wildman–Crippen MR) is 97.2 cm³/mol. The Hall–Kier alpha value is -2.30. The number of amides is 2. The molecule has 2 aromatic rings. The van der Waals surface area contributed by atoms with E-state index in [1.54, 1.807) is 12.1 Å². The summed E-state index contributed by atoms with van der Waals surface area (Å²) in [5.41, 5.74) is 1.48. The van der Waals surface area contributed by atoms with Gasteiger partial charge in [0.15, 0.2) is 0 Å². The van der Waals surface area contributed by atoms with Gasteiger partial charge in [-0.1, -0.05) is 53.5 Å². The lowest BCUT2D eigenvalue weighted by Gasteiger charge is -2.12. The maximum absolute atomic E-state index is 11.9. The van der Waals surface area contributed by atoms with Gasteiger partial charge in [0.2, 0.25) is 11.8 Å². The molecule has 0 unspecified atom stereocenters. The molecule has 0 radical (unpaired) electrons. The second-order valence-electron chi connectivity index (χ2n) is 5.09. The number of rotatable bonds is 5. The molecule has 0 heterocycles. The highest BCUT2D eigenvalue weighted by Gasteiger charge is 2.07. The van der Waals surface area contributed by atoms with E-state index in [2.05, 4.69) is 10.6 Å². The van der Waals surface area contributed by atoms with Crippen LogP contribution in [0.1, 0.15) is 18.5 Å². The van der Waals surface area contributed by atoms with Crippen LogP contribution >= 0.6 is 23.2 Å². The monoisotopic (exact) mass is 362 g/mol. The first kappa shape index (κ1) is 18.0. The van der Waals surface area contributed by atoms with Gasteiger partial charge in [0.05, 0.1) is 16.1 Å². The SMILES string of the molecule is C[C@@H](NC(=O)/C=C\C(=O)Nc1ccc(Cl)c(Cl)c1)c1ccccc1. The van der Waals surface area contributed by atoms with E-state index in [1.807, 2.05) is 37.3 Å². The van der Waals surface area contributed by atoms with Crippen LogP contribution < -0.4 is 10.6 Å². The Kier molecular flexibility index (Phi) is 6.41. The first-order valence-electron chi connectivity index (χ1n) is 7.25. The fourth-order valence-electron chi connectivity index (χ4n) is 2.00. The molecule has 2 rings (SSSR count). The normalized spacial score (nSPS) is 12.0. The molecule has 0 aliphatic carbocycles. The van der Waals surface area contributed by atoms with E-state index in [1.165, 1.54) is 12.1 Å². The number of halogens is 2. The first-order chi connectivity index (χ1) is 11.5. The lowest BCUT2D eigenvalue weighted by Crippen LogP contribution is -2.25. The van der Waals surface area contributed by atoms with Gasteiger partial charge in [0.25, 0.3) is 0 Å². The summed E-state index contributed by atoms with van der Waals surface area (Å²) >= 11 is 11.7. The highest BCUT2D eigenvalue weighted by atomic mass is 35.5. The molecule has 0 aliphatic rings. The van der Waals surface area contributed by atoms with Crippen LogP contribution in [0.5, 0.6) is 0 Å². The fourth-order valence-corrected chi connectivity index (χ4v) is 2.29. The van der Waals surface area contributed by atoms with E-state index in [9.17, 15) is 9.59 Å². The van der Waals surface area contributed by atoms with Crippen molar-refractivity contribution in [1.82, 2.24) is 5.32 Å². The van der Waals surface area contributed by atoms with E-state index in [4.69, 9.17) is 23.2 Å². The minimum Gasteiger partial charge on any atom is -0.346 e. The van der Waals surface area contributed by atoms with Gasteiger partial charge in [-0.05, 0) is 30.7 Å². The van der Waals surface area contributed by atoms with Crippen molar-refractivity contribution in [3.63, 3.8) is 0 Å². The third-order valence-corrected chi connectivity index (χ3v) is 3.97. The maximum atomic E-state index is 11.9. The Morgan fingerprint density at radius 1 is 0.958 bits per heavy atom. The van der Waals surface area contributed by atoms with E-state index >= 15 is 0 Å². The van der Waals surface area contributed by atoms with Crippen LogP contribution in [-0.2, 0) is 9.59 Å². The quantitative estimate of drug-likeness (QED) is 0.776. The smallest absolute Gasteiger partial charge is 0.248 e. The minimum absolute atomic E-state index is 0.151. The van der Waals surface area contributed by atoms with E-state index in [-0.39, 0.29) is 11.9 Å². The molecule has 1 atom stereocenters. The number of hydrogen-bond acceptors (Lipinski definition) is 2. The molecule has 4 nitrogen and oxygen atoms in total. The minimum atomic E-state index is -0.434. The number of nitrogens with one attached hydrogen (secondary N) is 2. The van der Waals surface area contributed by atoms with Crippen molar-refractivity contribution in [2.24, 2.45) is 0 Å². The molecular formula is C18H16Cl2N2O2. The molecule has 0 saturated carbocycles. The molecule has 0 aliphatic heterocycles. The van der Waals surface area contributed by atoms with Crippen molar-refractivity contribution < 1.29 is 9.59 Å². The molecule has 2 N–H and O–H groups in total. The van der Waals surface area contributed by atoms with E-state index < -0.39 is 5.91 Å². The van der Waals surface area contributed by atoms with Crippen molar-refractivity contribution in [1.29, 1.82) is 0 Å². The second-order valence-corrected chi connectivity index (χ2v) is 5.91. The topological polar surface area (TPSA) is 58.2 Å². The van der Waals surface area contributed by atoms with Gasteiger partial charge in [-0.3, -0.25) is 9.59 Å². The zero-order valence-electron chi connectivity index (χ0n) is 12.9. The van der Waals surface area contributed by atoms with Crippen LogP contribution in [0.4, 0.5) is 5.69 Å². The Morgan fingerprint density at radius 2 is 1.62 bits per heavy atom. The predicted octanol–water partition coefficient (Wildman–Crippen LogP) is 4.37. The summed E-state index contributed by atoms with van der Waals surface area (Å²) in [4.78, 5) is 23.7. The second kappa shape index (κ2) is 8.52. The summed E-state index contributed by atoms with van der Waals surface area (Å²) in [6.45, 7) is 1.87. The van der Waals surface area contributed by atoms with Gasteiger partial charge >= 0.3 is 0 Å². The zero-order valence-corrected chi connectivity index (χ0v) is 14.4. The molecule has 6 heteroatoms. The largest absolute Gasteiger partial charge is 0.346 e. The summed E-state index contributed by atoms with van der Waals surface area (Å²) in [6, 6.07) is 14.1. The fraction of sp³-hybridized carbons (Fsp3) is 0.111. The van der Waals surface area contributed by atoms with Gasteiger partial charge < -0.3 is 10.6 Å². The van der Waals surface area contributed by atoms with E-state index in [0.717, 1.165) is 11.6 Å². The van der Waals surface area contributed by atoms with Crippen molar-refractivity contribution in [3.8, 4) is 0 Å². The number of benzene rings is 2. The van der Waals surface area contributed by atoms with Gasteiger partial charge in [-0.2, -0.15) is 0 Å². The van der Waals surface area contributed by atoms with Gasteiger partial charge in [-0.25, -0.2) is 0 Å². The molecule has 24 heavy (non-hydrogen) atoms. The summed E-state index contributed by atoms with van der Waals surface area (Å²) in [5, 5.41) is 6.13. The zero-order chi connectivity index (χ0) is 17.5. The van der Waals surface area contributed by atoms with E-state index in [0.29, 0.717) is 15.7 Å². The number of hydrogen-bond donors (Lipinski definition) is 2. The van der Waals surface area contributed by atoms with Crippen molar-refractivity contribution in [3.05, 3.63) is 76.3 Å². The Morgan fingerprint density at radius 3 is 2.29 bits per heavy atom. The number of anilines is 1. The molecule has 124 valence electrons. The third-order valence-electron chi connectivity index (χ3n) is 3.23. The average Bonchev–Trinajstić information content (AvgIpc) is 2.57. The summed E-state index contributed by atoms with van der Waals surface area (Å²) < 4.78 is 0. The van der Waals surface area contributed by atoms with Crippen LogP contribution in [0.15, 0.2) is 60.7 Å². The van der Waals surface area contributed by atoms with Crippen LogP contribution in [0.25, 0.3) is 0 Å². The molecule has 0 fully saturated rings. The Labute approximate surface area is 150 Å². The molecular weight excluding hydrogens is 347 g/mol. The number of carbonyl (C=O) groups is 2. The summed E-state index contributed by atoms with van der Waals surface area (Å²) in [7, 11) is 0. The van der Waals surface area contributed by atoms with Gasteiger partial charge in [0, 0.05) is 17.8 Å². The van der Waals surface area contributed by atoms with Gasteiger partial charge in [0.1, 0.15) is 0 Å². The summed E-state index contributed by atoms with van der Waals surface area (Å²) in [5.74, 6) is -0.786. The Bertz CT molecular complexity index is 761. The molecule has 0 saturated heterocycles. The van der Waals surface area contributed by atoms with Crippen LogP contribution in [0, 0.1) is 0 Å². The lowest BCUT2D eigenvalue weighted by atomic mass is 10.1. The van der Waals surface area contributed by atoms with Crippen LogP contribution in [-0.4, -0.2) is 11.8 Å². The molecule has 2 amide bonds. The average molecular weight is 363 g/mol. The molecule has 0 bridgehead atoms. The highest BCUT2D eigenvalue weighted by molar-refractivity contribution is 6.42. The third kappa shape index (κ3) is 5.41. The maximum Gasteiger partial charge on any atom is 0.248 e. The van der Waals surface area contributed by atoms with Crippen molar-refractivity contribution in [2.45, 2.75) is 13.0 Å². The Balaban J connectivity index is 1.88. The highest BCUT2D eigenvalue weighted by Crippen LogP contribution is 2.24. The molecule has 2 aromatic carbocycles. The number of carbonyl (C=O) groups excluding carboxylic acids is 2. The lowest BCUT2D eigenvalue weighted by molar-refractivity contribution is -0.117. The first-order valence-corrected chi connectivity index (χ1v) is 8.01. The standard InChI is InChI=1S/C18H16Cl2N2O2/c1-12(13-5-3-2-4-6-13)21-17(23)9-10-18(24)22-14-7-8-15(19)16(20)11-14/h2-12H,1H3,(H,21,23)(H,22,24)/b10-9-/t12-/m1/s1. The van der Waals surface area contributed by atoms with Gasteiger partial charge in [-0.15, -0.1) is 0 Å². The molecule has 0 aromatic heterocycles. The summed E-state index contributed by atoms with van der Waals surface area (Å²) in [6.07, 6.45) is 2.35. The van der Waals surface area contributed by atoms with Crippen LogP contribution in [0.2, 0.25) is 10.0 Å².